The standard InChI is InChI=1S/2C19H17S.BFO2/c2*1-4-10-17(11-5-1)16-20(18-12-6-2-7-13-18)19-14-8-3-9-15-19;2-1(3)4/h2*1-15H,16H2;/q2*+1;-2. The summed E-state index contributed by atoms with van der Waals surface area (Å²) >= 11 is 0. The second-order valence-corrected chi connectivity index (χ2v) is 13.6. The lowest BCUT2D eigenvalue weighted by atomic mass is 10.2. The number of hydrogen-bond acceptors (Lipinski definition) is 2. The molecule has 0 N–H and O–H groups in total. The van der Waals surface area contributed by atoms with Gasteiger partial charge in [-0.15, -0.1) is 0 Å². The molecule has 44 heavy (non-hydrogen) atoms. The fourth-order valence-corrected chi connectivity index (χ4v) is 8.63. The highest BCUT2D eigenvalue weighted by atomic mass is 32.2. The second-order valence-electron chi connectivity index (χ2n) is 9.57. The van der Waals surface area contributed by atoms with Crippen LogP contribution in [-0.4, -0.2) is 7.40 Å². The van der Waals surface area contributed by atoms with Crippen molar-refractivity contribution in [2.75, 3.05) is 0 Å². The first-order valence-electron chi connectivity index (χ1n) is 14.3. The zero-order chi connectivity index (χ0) is 30.8. The van der Waals surface area contributed by atoms with Crippen molar-refractivity contribution in [3.05, 3.63) is 193 Å². The Labute approximate surface area is 266 Å². The zero-order valence-electron chi connectivity index (χ0n) is 24.3. The van der Waals surface area contributed by atoms with Crippen molar-refractivity contribution in [3.63, 3.8) is 0 Å². The predicted octanol–water partition coefficient (Wildman–Crippen LogP) is 7.51. The van der Waals surface area contributed by atoms with Gasteiger partial charge in [-0.1, -0.05) is 133 Å². The van der Waals surface area contributed by atoms with Crippen LogP contribution in [0.4, 0.5) is 4.32 Å². The van der Waals surface area contributed by atoms with Gasteiger partial charge in [0.1, 0.15) is 18.9 Å². The summed E-state index contributed by atoms with van der Waals surface area (Å²) in [5, 5.41) is 16.6. The number of benzene rings is 6. The maximum Gasteiger partial charge on any atom is 0.161 e. The van der Waals surface area contributed by atoms with Crippen molar-refractivity contribution in [2.45, 2.75) is 31.1 Å². The van der Waals surface area contributed by atoms with Crippen LogP contribution in [0.2, 0.25) is 0 Å². The van der Waals surface area contributed by atoms with E-state index in [1.54, 1.807) is 0 Å². The quantitative estimate of drug-likeness (QED) is 0.131. The molecule has 0 aliphatic carbocycles. The normalized spacial score (nSPS) is 10.3. The van der Waals surface area contributed by atoms with Crippen LogP contribution in [0, 0.1) is 0 Å². The molecule has 2 nitrogen and oxygen atoms in total. The molecule has 0 atom stereocenters. The third-order valence-corrected chi connectivity index (χ3v) is 11.0. The van der Waals surface area contributed by atoms with E-state index < -0.39 is 7.40 Å². The summed E-state index contributed by atoms with van der Waals surface area (Å²) in [6.45, 7) is 0. The van der Waals surface area contributed by atoms with Crippen molar-refractivity contribution in [2.24, 2.45) is 0 Å². The molecule has 0 aliphatic heterocycles. The van der Waals surface area contributed by atoms with Gasteiger partial charge in [0, 0.05) is 11.1 Å². The van der Waals surface area contributed by atoms with Crippen LogP contribution in [0.3, 0.4) is 0 Å². The van der Waals surface area contributed by atoms with Gasteiger partial charge in [-0.3, -0.25) is 0 Å². The molecule has 0 unspecified atom stereocenters. The van der Waals surface area contributed by atoms with Crippen molar-refractivity contribution < 1.29 is 14.4 Å². The number of hydrogen-bond donors (Lipinski definition) is 0. The molecule has 0 radical (unpaired) electrons. The molecular formula is C38H34BFO2S2. The van der Waals surface area contributed by atoms with Crippen LogP contribution in [0.25, 0.3) is 0 Å². The van der Waals surface area contributed by atoms with Crippen LogP contribution in [0.1, 0.15) is 11.1 Å². The van der Waals surface area contributed by atoms with Gasteiger partial charge >= 0.3 is 0 Å². The van der Waals surface area contributed by atoms with E-state index in [-0.39, 0.29) is 21.8 Å². The highest BCUT2D eigenvalue weighted by molar-refractivity contribution is 7.96. The summed E-state index contributed by atoms with van der Waals surface area (Å²) < 4.78 is 9.89. The summed E-state index contributed by atoms with van der Waals surface area (Å²) in [4.78, 5) is 5.62. The molecule has 6 aromatic carbocycles. The Hall–Kier alpha value is -4.07. The SMILES string of the molecule is [O-]B([O-])F.c1ccc(C[S+](c2ccccc2)c2ccccc2)cc1.c1ccc(C[S+](c2ccccc2)c2ccccc2)cc1. The molecule has 0 aromatic heterocycles. The second kappa shape index (κ2) is 18.6. The van der Waals surface area contributed by atoms with Gasteiger partial charge in [0.25, 0.3) is 0 Å². The molecule has 0 saturated heterocycles. The van der Waals surface area contributed by atoms with E-state index in [0.717, 1.165) is 11.5 Å². The summed E-state index contributed by atoms with van der Waals surface area (Å²) in [6.07, 6.45) is 0. The van der Waals surface area contributed by atoms with E-state index in [2.05, 4.69) is 182 Å². The van der Waals surface area contributed by atoms with Crippen LogP contribution in [0.15, 0.2) is 202 Å². The highest BCUT2D eigenvalue weighted by Crippen LogP contribution is 2.28. The van der Waals surface area contributed by atoms with Gasteiger partial charge in [-0.05, 0) is 48.5 Å². The molecule has 0 heterocycles. The largest absolute Gasteiger partial charge is 0.867 e. The summed E-state index contributed by atoms with van der Waals surface area (Å²) in [7, 11) is -2.97. The fraction of sp³-hybridized carbons (Fsp3) is 0.0526. The van der Waals surface area contributed by atoms with E-state index in [9.17, 15) is 4.32 Å². The van der Waals surface area contributed by atoms with Gasteiger partial charge < -0.3 is 14.4 Å². The van der Waals surface area contributed by atoms with Crippen molar-refractivity contribution in [1.82, 2.24) is 0 Å². The Morgan fingerprint density at radius 2 is 0.545 bits per heavy atom. The van der Waals surface area contributed by atoms with Crippen molar-refractivity contribution in [1.29, 1.82) is 0 Å². The van der Waals surface area contributed by atoms with E-state index in [0.29, 0.717) is 0 Å². The molecule has 0 fully saturated rings. The van der Waals surface area contributed by atoms with Gasteiger partial charge in [0.2, 0.25) is 0 Å². The van der Waals surface area contributed by atoms with Crippen LogP contribution >= 0.6 is 0 Å². The smallest absolute Gasteiger partial charge is 0.161 e. The molecule has 6 heteroatoms. The van der Waals surface area contributed by atoms with Crippen LogP contribution in [0.5, 0.6) is 0 Å². The lowest BCUT2D eigenvalue weighted by Gasteiger charge is -2.09. The molecule has 0 amide bonds. The Bertz CT molecular complexity index is 1380. The van der Waals surface area contributed by atoms with Gasteiger partial charge in [0.15, 0.2) is 19.6 Å². The van der Waals surface area contributed by atoms with Gasteiger partial charge in [-0.2, -0.15) is 0 Å². The lowest BCUT2D eigenvalue weighted by molar-refractivity contribution is -0.366. The third-order valence-electron chi connectivity index (χ3n) is 6.42. The van der Waals surface area contributed by atoms with Gasteiger partial charge in [-0.25, -0.2) is 0 Å². The molecule has 0 spiro atoms. The molecule has 6 rings (SSSR count). The average molecular weight is 617 g/mol. The fourth-order valence-electron chi connectivity index (χ4n) is 4.43. The topological polar surface area (TPSA) is 46.1 Å². The maximum absolute atomic E-state index is 9.89. The summed E-state index contributed by atoms with van der Waals surface area (Å²) in [6, 6.07) is 64.7. The van der Waals surface area contributed by atoms with Crippen LogP contribution in [-0.2, 0) is 33.3 Å². The molecule has 0 aliphatic rings. The lowest BCUT2D eigenvalue weighted by Crippen LogP contribution is -2.39. The third kappa shape index (κ3) is 11.2. The Morgan fingerprint density at radius 3 is 0.750 bits per heavy atom. The first-order chi connectivity index (χ1) is 21.6. The Morgan fingerprint density at radius 1 is 0.364 bits per heavy atom. The van der Waals surface area contributed by atoms with E-state index >= 15 is 0 Å². The maximum atomic E-state index is 9.89. The number of rotatable bonds is 8. The Kier molecular flexibility index (Phi) is 13.9. The molecule has 0 bridgehead atoms. The minimum atomic E-state index is -3.17. The number of halogens is 1. The Balaban J connectivity index is 0.000000179. The minimum Gasteiger partial charge on any atom is -0.867 e. The highest BCUT2D eigenvalue weighted by Gasteiger charge is 2.26. The van der Waals surface area contributed by atoms with E-state index in [1.807, 2.05) is 0 Å². The zero-order valence-corrected chi connectivity index (χ0v) is 26.0. The molecular weight excluding hydrogens is 582 g/mol. The van der Waals surface area contributed by atoms with Crippen molar-refractivity contribution in [3.8, 4) is 0 Å². The summed E-state index contributed by atoms with van der Waals surface area (Å²) in [5.41, 5.74) is 2.78. The molecule has 6 aromatic rings. The van der Waals surface area contributed by atoms with E-state index in [1.165, 1.54) is 30.7 Å². The summed E-state index contributed by atoms with van der Waals surface area (Å²) in [5.74, 6) is 2.13. The monoisotopic (exact) mass is 616 g/mol. The minimum absolute atomic E-state index is 0.0978. The van der Waals surface area contributed by atoms with Crippen LogP contribution < -0.4 is 10.0 Å². The molecule has 220 valence electrons. The average Bonchev–Trinajstić information content (AvgIpc) is 3.09. The van der Waals surface area contributed by atoms with Gasteiger partial charge in [0.05, 0.1) is 21.8 Å². The first kappa shape index (κ1) is 32.8. The predicted molar refractivity (Wildman–Crippen MR) is 181 cm³/mol. The molecule has 0 saturated carbocycles. The van der Waals surface area contributed by atoms with Crippen molar-refractivity contribution >= 4 is 29.2 Å². The van der Waals surface area contributed by atoms with E-state index in [4.69, 9.17) is 10.0 Å². The first-order valence-corrected chi connectivity index (χ1v) is 17.0.